The minimum Gasteiger partial charge on any atom is -0.459 e. The predicted octanol–water partition coefficient (Wildman–Crippen LogP) is 5.23. The normalized spacial score (nSPS) is 11.6. The number of aromatic nitrogens is 2. The molecule has 0 aliphatic carbocycles. The molecule has 0 spiro atoms. The lowest BCUT2D eigenvalue weighted by molar-refractivity contribution is 0.537. The van der Waals surface area contributed by atoms with E-state index >= 15 is 0 Å². The Hall–Kier alpha value is -2.46. The summed E-state index contributed by atoms with van der Waals surface area (Å²) in [5, 5.41) is 1.90. The lowest BCUT2D eigenvalue weighted by Crippen LogP contribution is -2.20. The van der Waals surface area contributed by atoms with Crippen LogP contribution in [-0.4, -0.2) is 16.6 Å². The average Bonchev–Trinajstić information content (AvgIpc) is 3.08. The van der Waals surface area contributed by atoms with Crippen LogP contribution in [0.3, 0.4) is 0 Å². The Balaban J connectivity index is 1.73. The van der Waals surface area contributed by atoms with E-state index < -0.39 is 0 Å². The van der Waals surface area contributed by atoms with Gasteiger partial charge in [-0.3, -0.25) is 0 Å². The van der Waals surface area contributed by atoms with Crippen LogP contribution in [0, 0.1) is 13.8 Å². The van der Waals surface area contributed by atoms with E-state index in [1.807, 2.05) is 32.3 Å². The summed E-state index contributed by atoms with van der Waals surface area (Å²) in [5.74, 6) is 1.85. The fraction of sp³-hybridized carbons (Fsp3) is 0.250. The number of hydrogen-bond donors (Lipinski definition) is 0. The molecular weight excluding hydrogens is 334 g/mol. The van der Waals surface area contributed by atoms with Crippen LogP contribution in [0.4, 0.5) is 5.95 Å². The van der Waals surface area contributed by atoms with Crippen molar-refractivity contribution in [1.29, 1.82) is 0 Å². The summed E-state index contributed by atoms with van der Waals surface area (Å²) in [6.07, 6.45) is 0. The van der Waals surface area contributed by atoms with Crippen LogP contribution in [-0.2, 0) is 13.6 Å². The molecule has 0 saturated carbocycles. The van der Waals surface area contributed by atoms with Crippen molar-refractivity contribution in [3.63, 3.8) is 0 Å². The lowest BCUT2D eigenvalue weighted by Gasteiger charge is -2.17. The summed E-state index contributed by atoms with van der Waals surface area (Å²) >= 11 is 6.12. The standard InChI is InChI=1S/C20H20ClN3O/c1-12-6-5-7-15-13(2)18(25-19(12)15)11-23(3)20-22-16-9-8-14(21)10-17(16)24(20)4/h5-10H,11H2,1-4H3. The molecule has 0 radical (unpaired) electrons. The van der Waals surface area contributed by atoms with Gasteiger partial charge in [-0.2, -0.15) is 0 Å². The second-order valence-electron chi connectivity index (χ2n) is 6.56. The maximum absolute atomic E-state index is 6.15. The first-order valence-corrected chi connectivity index (χ1v) is 8.64. The highest BCUT2D eigenvalue weighted by Gasteiger charge is 2.17. The zero-order valence-electron chi connectivity index (χ0n) is 14.8. The Morgan fingerprint density at radius 1 is 1.20 bits per heavy atom. The minimum atomic E-state index is 0.658. The monoisotopic (exact) mass is 353 g/mol. The number of aryl methyl sites for hydroxylation is 3. The number of halogens is 1. The van der Waals surface area contributed by atoms with Gasteiger partial charge in [0.15, 0.2) is 0 Å². The molecule has 0 fully saturated rings. The highest BCUT2D eigenvalue weighted by Crippen LogP contribution is 2.30. The largest absolute Gasteiger partial charge is 0.459 e. The molecule has 0 bridgehead atoms. The van der Waals surface area contributed by atoms with Gasteiger partial charge >= 0.3 is 0 Å². The second-order valence-corrected chi connectivity index (χ2v) is 7.00. The van der Waals surface area contributed by atoms with Crippen molar-refractivity contribution in [2.24, 2.45) is 7.05 Å². The van der Waals surface area contributed by atoms with Crippen molar-refractivity contribution in [3.05, 3.63) is 58.3 Å². The molecule has 128 valence electrons. The van der Waals surface area contributed by atoms with Crippen molar-refractivity contribution in [1.82, 2.24) is 9.55 Å². The molecule has 2 aromatic carbocycles. The van der Waals surface area contributed by atoms with Gasteiger partial charge in [0.2, 0.25) is 5.95 Å². The maximum Gasteiger partial charge on any atom is 0.206 e. The van der Waals surface area contributed by atoms with E-state index in [0.29, 0.717) is 11.6 Å². The van der Waals surface area contributed by atoms with Crippen LogP contribution in [0.5, 0.6) is 0 Å². The number of hydrogen-bond acceptors (Lipinski definition) is 3. The van der Waals surface area contributed by atoms with Gasteiger partial charge in [-0.05, 0) is 37.6 Å². The van der Waals surface area contributed by atoms with Gasteiger partial charge in [0.05, 0.1) is 17.6 Å². The van der Waals surface area contributed by atoms with Crippen molar-refractivity contribution < 1.29 is 4.42 Å². The van der Waals surface area contributed by atoms with E-state index in [1.165, 1.54) is 10.9 Å². The van der Waals surface area contributed by atoms with Crippen molar-refractivity contribution in [3.8, 4) is 0 Å². The number of benzene rings is 2. The molecule has 0 amide bonds. The summed E-state index contributed by atoms with van der Waals surface area (Å²) < 4.78 is 8.21. The van der Waals surface area contributed by atoms with Crippen LogP contribution in [0.25, 0.3) is 22.0 Å². The molecular formula is C20H20ClN3O. The first-order chi connectivity index (χ1) is 12.0. The Kier molecular flexibility index (Phi) is 3.73. The molecule has 0 aliphatic rings. The zero-order chi connectivity index (χ0) is 17.7. The van der Waals surface area contributed by atoms with Gasteiger partial charge in [-0.15, -0.1) is 0 Å². The molecule has 4 aromatic rings. The quantitative estimate of drug-likeness (QED) is 0.506. The van der Waals surface area contributed by atoms with Crippen LogP contribution in [0.2, 0.25) is 5.02 Å². The smallest absolute Gasteiger partial charge is 0.206 e. The summed E-state index contributed by atoms with van der Waals surface area (Å²) in [4.78, 5) is 6.84. The van der Waals surface area contributed by atoms with Crippen LogP contribution >= 0.6 is 11.6 Å². The Labute approximate surface area is 151 Å². The third-order valence-electron chi connectivity index (χ3n) is 4.80. The van der Waals surface area contributed by atoms with Crippen LogP contribution in [0.1, 0.15) is 16.9 Å². The number of rotatable bonds is 3. The fourth-order valence-corrected chi connectivity index (χ4v) is 3.53. The van der Waals surface area contributed by atoms with E-state index in [-0.39, 0.29) is 0 Å². The highest BCUT2D eigenvalue weighted by molar-refractivity contribution is 6.31. The third-order valence-corrected chi connectivity index (χ3v) is 5.04. The first-order valence-electron chi connectivity index (χ1n) is 8.26. The molecule has 4 nitrogen and oxygen atoms in total. The molecule has 4 rings (SSSR count). The maximum atomic E-state index is 6.15. The summed E-state index contributed by atoms with van der Waals surface area (Å²) in [6, 6.07) is 12.0. The molecule has 2 aromatic heterocycles. The summed E-state index contributed by atoms with van der Waals surface area (Å²) in [6.45, 7) is 4.85. The first kappa shape index (κ1) is 16.0. The molecule has 0 atom stereocenters. The van der Waals surface area contributed by atoms with E-state index in [9.17, 15) is 0 Å². The number of fused-ring (bicyclic) bond motifs is 2. The summed E-state index contributed by atoms with van der Waals surface area (Å²) in [5.41, 5.74) is 5.27. The fourth-order valence-electron chi connectivity index (χ4n) is 3.36. The van der Waals surface area contributed by atoms with Gasteiger partial charge in [0.1, 0.15) is 11.3 Å². The molecule has 5 heteroatoms. The number of imidazole rings is 1. The van der Waals surface area contributed by atoms with Crippen molar-refractivity contribution in [2.75, 3.05) is 11.9 Å². The van der Waals surface area contributed by atoms with Crippen molar-refractivity contribution in [2.45, 2.75) is 20.4 Å². The van der Waals surface area contributed by atoms with E-state index in [0.717, 1.165) is 33.9 Å². The number of anilines is 1. The SMILES string of the molecule is Cc1c(CN(C)c2nc3ccc(Cl)cc3n2C)oc2c(C)cccc12. The number of para-hydroxylation sites is 1. The Morgan fingerprint density at radius 3 is 2.76 bits per heavy atom. The number of nitrogens with zero attached hydrogens (tertiary/aromatic N) is 3. The molecule has 0 N–H and O–H groups in total. The topological polar surface area (TPSA) is 34.2 Å². The van der Waals surface area contributed by atoms with E-state index in [4.69, 9.17) is 21.0 Å². The zero-order valence-corrected chi connectivity index (χ0v) is 15.6. The third kappa shape index (κ3) is 2.57. The van der Waals surface area contributed by atoms with Crippen molar-refractivity contribution >= 4 is 39.6 Å². The highest BCUT2D eigenvalue weighted by atomic mass is 35.5. The lowest BCUT2D eigenvalue weighted by atomic mass is 10.1. The van der Waals surface area contributed by atoms with Gasteiger partial charge in [-0.25, -0.2) is 4.98 Å². The van der Waals surface area contributed by atoms with Gasteiger partial charge in [0.25, 0.3) is 0 Å². The molecule has 2 heterocycles. The molecule has 0 unspecified atom stereocenters. The summed E-state index contributed by atoms with van der Waals surface area (Å²) in [7, 11) is 4.04. The van der Waals surface area contributed by atoms with Crippen LogP contribution in [0.15, 0.2) is 40.8 Å². The van der Waals surface area contributed by atoms with Crippen LogP contribution < -0.4 is 4.90 Å². The predicted molar refractivity (Wildman–Crippen MR) is 104 cm³/mol. The average molecular weight is 354 g/mol. The molecule has 25 heavy (non-hydrogen) atoms. The van der Waals surface area contributed by atoms with E-state index in [1.54, 1.807) is 0 Å². The molecule has 0 saturated heterocycles. The van der Waals surface area contributed by atoms with E-state index in [2.05, 4.69) is 41.5 Å². The Morgan fingerprint density at radius 2 is 2.00 bits per heavy atom. The Bertz CT molecular complexity index is 1090. The number of furan rings is 1. The van der Waals surface area contributed by atoms with Gasteiger partial charge in [-0.1, -0.05) is 29.8 Å². The minimum absolute atomic E-state index is 0.658. The second kappa shape index (κ2) is 5.81. The molecule has 0 aliphatic heterocycles. The van der Waals surface area contributed by atoms with Gasteiger partial charge in [0, 0.05) is 30.1 Å². The van der Waals surface area contributed by atoms with Gasteiger partial charge < -0.3 is 13.9 Å².